The van der Waals surface area contributed by atoms with Crippen molar-refractivity contribution in [2.24, 2.45) is 0 Å². The number of halogens is 1. The number of amides is 1. The van der Waals surface area contributed by atoms with Gasteiger partial charge in [0.2, 0.25) is 11.8 Å². The summed E-state index contributed by atoms with van der Waals surface area (Å²) in [5, 5.41) is 11.0. The van der Waals surface area contributed by atoms with Crippen LogP contribution in [0.5, 0.6) is 0 Å². The van der Waals surface area contributed by atoms with Crippen molar-refractivity contribution < 1.29 is 13.6 Å². The quantitative estimate of drug-likeness (QED) is 0.802. The summed E-state index contributed by atoms with van der Waals surface area (Å²) in [6.07, 6.45) is -0.268. The van der Waals surface area contributed by atoms with Gasteiger partial charge in [0.05, 0.1) is 11.6 Å². The lowest BCUT2D eigenvalue weighted by Gasteiger charge is -2.05. The Labute approximate surface area is 125 Å². The molecule has 0 saturated carbocycles. The summed E-state index contributed by atoms with van der Waals surface area (Å²) in [5.41, 5.74) is 1.69. The van der Waals surface area contributed by atoms with E-state index in [0.29, 0.717) is 16.8 Å². The number of fused-ring (bicyclic) bond motifs is 1. The van der Waals surface area contributed by atoms with E-state index in [1.54, 1.807) is 24.3 Å². The number of rotatable bonds is 3. The van der Waals surface area contributed by atoms with Crippen molar-refractivity contribution in [1.82, 2.24) is 4.98 Å². The molecule has 0 saturated heterocycles. The molecule has 108 valence electrons. The minimum Gasteiger partial charge on any atom is -0.436 e. The number of nitrogens with one attached hydrogen (secondary N) is 1. The van der Waals surface area contributed by atoms with Crippen LogP contribution in [-0.2, 0) is 4.79 Å². The summed E-state index contributed by atoms with van der Waals surface area (Å²) in [6.45, 7) is 0. The molecule has 0 unspecified atom stereocenters. The van der Waals surface area contributed by atoms with Crippen molar-refractivity contribution in [1.29, 1.82) is 5.26 Å². The lowest BCUT2D eigenvalue weighted by Crippen LogP contribution is -2.10. The van der Waals surface area contributed by atoms with E-state index >= 15 is 0 Å². The van der Waals surface area contributed by atoms with Crippen molar-refractivity contribution in [3.8, 4) is 17.5 Å². The normalized spacial score (nSPS) is 10.4. The van der Waals surface area contributed by atoms with E-state index in [-0.39, 0.29) is 17.9 Å². The van der Waals surface area contributed by atoms with Crippen LogP contribution >= 0.6 is 0 Å². The number of para-hydroxylation sites is 2. The lowest BCUT2D eigenvalue weighted by molar-refractivity contribution is -0.115. The van der Waals surface area contributed by atoms with Gasteiger partial charge in [-0.1, -0.05) is 12.1 Å². The van der Waals surface area contributed by atoms with E-state index in [4.69, 9.17) is 9.68 Å². The average molecular weight is 295 g/mol. The first-order valence-electron chi connectivity index (χ1n) is 6.49. The maximum Gasteiger partial charge on any atom is 0.238 e. The molecule has 0 bridgehead atoms. The number of nitrogens with zero attached hydrogens (tertiary/aromatic N) is 2. The Bertz CT molecular complexity index is 863. The number of nitriles is 1. The summed E-state index contributed by atoms with van der Waals surface area (Å²) in [6, 6.07) is 12.9. The van der Waals surface area contributed by atoms with Crippen molar-refractivity contribution in [3.05, 3.63) is 48.3 Å². The minimum absolute atomic E-state index is 0.134. The van der Waals surface area contributed by atoms with Gasteiger partial charge in [-0.05, 0) is 30.3 Å². The standard InChI is InChI=1S/C16H10FN3O2/c17-12-6-5-10(19-15(21)7-8-18)9-11(12)16-20-13-3-1-2-4-14(13)22-16/h1-6,9H,7H2,(H,19,21). The van der Waals surface area contributed by atoms with Crippen molar-refractivity contribution >= 4 is 22.7 Å². The number of aromatic nitrogens is 1. The fraction of sp³-hybridized carbons (Fsp3) is 0.0625. The molecular formula is C16H10FN3O2. The SMILES string of the molecule is N#CCC(=O)Nc1ccc(F)c(-c2nc3ccccc3o2)c1. The summed E-state index contributed by atoms with van der Waals surface area (Å²) < 4.78 is 19.5. The molecule has 1 heterocycles. The molecular weight excluding hydrogens is 285 g/mol. The molecule has 0 atom stereocenters. The Morgan fingerprint density at radius 2 is 2.14 bits per heavy atom. The number of hydrogen-bond acceptors (Lipinski definition) is 4. The Kier molecular flexibility index (Phi) is 3.54. The van der Waals surface area contributed by atoms with E-state index in [9.17, 15) is 9.18 Å². The fourth-order valence-electron chi connectivity index (χ4n) is 2.03. The fourth-order valence-corrected chi connectivity index (χ4v) is 2.03. The van der Waals surface area contributed by atoms with Crippen LogP contribution < -0.4 is 5.32 Å². The highest BCUT2D eigenvalue weighted by atomic mass is 19.1. The molecule has 6 heteroatoms. The van der Waals surface area contributed by atoms with Crippen LogP contribution in [0.3, 0.4) is 0 Å². The zero-order valence-electron chi connectivity index (χ0n) is 11.3. The summed E-state index contributed by atoms with van der Waals surface area (Å²) in [7, 11) is 0. The van der Waals surface area contributed by atoms with Gasteiger partial charge >= 0.3 is 0 Å². The zero-order chi connectivity index (χ0) is 15.5. The molecule has 0 aliphatic heterocycles. The second-order valence-electron chi connectivity index (χ2n) is 4.56. The van der Waals surface area contributed by atoms with Crippen molar-refractivity contribution in [2.75, 3.05) is 5.32 Å². The van der Waals surface area contributed by atoms with Gasteiger partial charge in [-0.15, -0.1) is 0 Å². The highest BCUT2D eigenvalue weighted by Crippen LogP contribution is 2.28. The third-order valence-electron chi connectivity index (χ3n) is 3.01. The topological polar surface area (TPSA) is 78.9 Å². The number of hydrogen-bond donors (Lipinski definition) is 1. The van der Waals surface area contributed by atoms with Crippen LogP contribution in [0.15, 0.2) is 46.9 Å². The van der Waals surface area contributed by atoms with Crippen LogP contribution in [0, 0.1) is 17.1 Å². The maximum absolute atomic E-state index is 14.0. The largest absolute Gasteiger partial charge is 0.436 e. The molecule has 1 amide bonds. The third-order valence-corrected chi connectivity index (χ3v) is 3.01. The lowest BCUT2D eigenvalue weighted by atomic mass is 10.2. The zero-order valence-corrected chi connectivity index (χ0v) is 11.3. The second kappa shape index (κ2) is 5.66. The molecule has 3 aromatic rings. The summed E-state index contributed by atoms with van der Waals surface area (Å²) in [4.78, 5) is 15.6. The van der Waals surface area contributed by atoms with E-state index in [0.717, 1.165) is 0 Å². The first kappa shape index (κ1) is 13.8. The second-order valence-corrected chi connectivity index (χ2v) is 4.56. The van der Waals surface area contributed by atoms with Crippen LogP contribution in [0.4, 0.5) is 10.1 Å². The average Bonchev–Trinajstić information content (AvgIpc) is 2.93. The number of benzene rings is 2. The van der Waals surface area contributed by atoms with Crippen molar-refractivity contribution in [2.45, 2.75) is 6.42 Å². The molecule has 5 nitrogen and oxygen atoms in total. The van der Waals surface area contributed by atoms with Gasteiger partial charge in [-0.25, -0.2) is 9.37 Å². The number of anilines is 1. The first-order chi connectivity index (χ1) is 10.7. The molecule has 0 spiro atoms. The highest BCUT2D eigenvalue weighted by molar-refractivity contribution is 5.92. The monoisotopic (exact) mass is 295 g/mol. The third kappa shape index (κ3) is 2.65. The Morgan fingerprint density at radius 1 is 1.32 bits per heavy atom. The van der Waals surface area contributed by atoms with Crippen LogP contribution in [0.2, 0.25) is 0 Å². The molecule has 0 aliphatic rings. The molecule has 0 aliphatic carbocycles. The van der Waals surface area contributed by atoms with Gasteiger partial charge in [0.25, 0.3) is 0 Å². The first-order valence-corrected chi connectivity index (χ1v) is 6.49. The molecule has 22 heavy (non-hydrogen) atoms. The maximum atomic E-state index is 14.0. The smallest absolute Gasteiger partial charge is 0.238 e. The van der Waals surface area contributed by atoms with Gasteiger partial charge in [0.1, 0.15) is 17.8 Å². The Balaban J connectivity index is 1.99. The van der Waals surface area contributed by atoms with Gasteiger partial charge in [-0.2, -0.15) is 5.26 Å². The van der Waals surface area contributed by atoms with Gasteiger partial charge in [0, 0.05) is 5.69 Å². The minimum atomic E-state index is -0.509. The molecule has 0 fully saturated rings. The highest BCUT2D eigenvalue weighted by Gasteiger charge is 2.14. The van der Waals surface area contributed by atoms with E-state index in [1.165, 1.54) is 18.2 Å². The molecule has 1 aromatic heterocycles. The van der Waals surface area contributed by atoms with Crippen molar-refractivity contribution in [3.63, 3.8) is 0 Å². The van der Waals surface area contributed by atoms with E-state index in [2.05, 4.69) is 10.3 Å². The molecule has 0 radical (unpaired) electrons. The molecule has 3 rings (SSSR count). The molecule has 2 aromatic carbocycles. The molecule has 1 N–H and O–H groups in total. The number of carbonyl (C=O) groups is 1. The Hall–Kier alpha value is -3.20. The summed E-state index contributed by atoms with van der Waals surface area (Å²) in [5.74, 6) is -0.836. The van der Waals surface area contributed by atoms with Crippen LogP contribution in [0.1, 0.15) is 6.42 Å². The van der Waals surface area contributed by atoms with Crippen LogP contribution in [0.25, 0.3) is 22.6 Å². The summed E-state index contributed by atoms with van der Waals surface area (Å²) >= 11 is 0. The predicted molar refractivity (Wildman–Crippen MR) is 78.3 cm³/mol. The van der Waals surface area contributed by atoms with Gasteiger partial charge < -0.3 is 9.73 Å². The Morgan fingerprint density at radius 3 is 2.91 bits per heavy atom. The van der Waals surface area contributed by atoms with E-state index in [1.807, 2.05) is 6.07 Å². The predicted octanol–water partition coefficient (Wildman–Crippen LogP) is 3.49. The van der Waals surface area contributed by atoms with Gasteiger partial charge in [-0.3, -0.25) is 4.79 Å². The number of carbonyl (C=O) groups excluding carboxylic acids is 1. The van der Waals surface area contributed by atoms with Crippen LogP contribution in [-0.4, -0.2) is 10.9 Å². The van der Waals surface area contributed by atoms with Gasteiger partial charge in [0.15, 0.2) is 5.58 Å². The van der Waals surface area contributed by atoms with E-state index < -0.39 is 11.7 Å². The number of oxazole rings is 1.